The smallest absolute Gasteiger partial charge is 0 e. The minimum Gasteiger partial charge on any atom is 0 e. The van der Waals surface area contributed by atoms with Crippen molar-refractivity contribution in [2.75, 3.05) is 0 Å². The third kappa shape index (κ3) is 9.17. The Bertz CT molecular complexity index is 2520. The van der Waals surface area contributed by atoms with E-state index in [1.54, 1.807) is 6.20 Å². The van der Waals surface area contributed by atoms with Gasteiger partial charge in [0.2, 0.25) is 0 Å². The number of hydrogen-bond donors (Lipinski definition) is 1. The Hall–Kier alpha value is -4.43. The number of hydrogen-bond acceptors (Lipinski definition) is 6. The fourth-order valence-corrected chi connectivity index (χ4v) is 9.26. The summed E-state index contributed by atoms with van der Waals surface area (Å²) in [5.74, 6) is 7.55. The van der Waals surface area contributed by atoms with Gasteiger partial charge in [-0.2, -0.15) is 0 Å². The van der Waals surface area contributed by atoms with E-state index in [0.29, 0.717) is 11.3 Å². The first-order valence-electron chi connectivity index (χ1n) is 19.9. The Labute approximate surface area is 354 Å². The first-order valence-corrected chi connectivity index (χ1v) is 27.2. The zero-order valence-corrected chi connectivity index (χ0v) is 39.2. The summed E-state index contributed by atoms with van der Waals surface area (Å²) in [4.78, 5) is 26.6. The maximum absolute atomic E-state index is 12.2. The number of benzene rings is 3. The first-order chi connectivity index (χ1) is 26.7. The summed E-state index contributed by atoms with van der Waals surface area (Å²) in [5, 5.41) is 13.1. The van der Waals surface area contributed by atoms with E-state index in [1.165, 1.54) is 15.9 Å². The van der Waals surface area contributed by atoms with Crippen LogP contribution >= 0.6 is 0 Å². The van der Waals surface area contributed by atoms with Gasteiger partial charge in [-0.3, -0.25) is 4.79 Å². The van der Waals surface area contributed by atoms with Crippen LogP contribution in [0.2, 0.25) is 17.3 Å². The molecule has 1 radical (unpaired) electrons. The molecule has 0 aliphatic carbocycles. The van der Waals surface area contributed by atoms with Crippen molar-refractivity contribution in [3.8, 4) is 33.6 Å². The summed E-state index contributed by atoms with van der Waals surface area (Å²) >= 11 is -2.04. The fraction of sp³-hybridized carbons (Fsp3) is 0.306. The van der Waals surface area contributed by atoms with Crippen molar-refractivity contribution in [3.05, 3.63) is 121 Å². The predicted molar refractivity (Wildman–Crippen MR) is 236 cm³/mol. The summed E-state index contributed by atoms with van der Waals surface area (Å²) in [7, 11) is 0. The van der Waals surface area contributed by atoms with E-state index in [-0.39, 0.29) is 42.5 Å². The molecule has 1 N–H and O–H groups in total. The van der Waals surface area contributed by atoms with Crippen LogP contribution in [0, 0.1) is 17.0 Å². The van der Waals surface area contributed by atoms with Crippen LogP contribution in [0.1, 0.15) is 67.2 Å². The SMILES string of the molecule is CCC(C)(CC)C(=O)/C=C(\O)C(C)(CC)CC.[CH3][Ge]([CH3])([CH3])[c]1ccc2nc(-c3[c-]ncc4c3oc3nc(-c5ccccc5)ccc34)cc(-c3ccccc3)c2c1.[Ir]. The number of pyridine rings is 3. The molecule has 8 heteroatoms. The van der Waals surface area contributed by atoms with Crippen LogP contribution in [0.4, 0.5) is 0 Å². The van der Waals surface area contributed by atoms with Crippen LogP contribution in [0.15, 0.2) is 120 Å². The summed E-state index contributed by atoms with van der Waals surface area (Å²) in [6.45, 7) is 12.1. The number of rotatable bonds is 11. The zero-order chi connectivity index (χ0) is 40.3. The third-order valence-electron chi connectivity index (χ3n) is 11.9. The molecule has 4 heterocycles. The Morgan fingerprint density at radius 3 is 1.95 bits per heavy atom. The molecule has 57 heavy (non-hydrogen) atoms. The predicted octanol–water partition coefficient (Wildman–Crippen LogP) is 12.9. The van der Waals surface area contributed by atoms with Crippen LogP contribution in [-0.4, -0.2) is 39.1 Å². The Morgan fingerprint density at radius 2 is 1.35 bits per heavy atom. The maximum Gasteiger partial charge on any atom is 0 e. The van der Waals surface area contributed by atoms with Crippen LogP contribution in [0.3, 0.4) is 0 Å². The summed E-state index contributed by atoms with van der Waals surface area (Å²) < 4.78 is 7.87. The molecule has 0 fully saturated rings. The monoisotopic (exact) mass is 999 g/mol. The molecule has 0 spiro atoms. The van der Waals surface area contributed by atoms with Gasteiger partial charge in [-0.1, -0.05) is 71.9 Å². The summed E-state index contributed by atoms with van der Waals surface area (Å²) in [5.41, 5.74) is 7.38. The zero-order valence-electron chi connectivity index (χ0n) is 34.7. The average Bonchev–Trinajstić information content (AvgIpc) is 3.61. The normalized spacial score (nSPS) is 12.3. The van der Waals surface area contributed by atoms with Crippen LogP contribution in [0.5, 0.6) is 0 Å². The Morgan fingerprint density at radius 1 is 0.737 bits per heavy atom. The molecule has 0 aliphatic rings. The Kier molecular flexibility index (Phi) is 13.8. The maximum atomic E-state index is 12.2. The number of aliphatic hydroxyl groups excluding tert-OH is 1. The second-order valence-corrected chi connectivity index (χ2v) is 27.0. The molecule has 297 valence electrons. The standard InChI is InChI=1S/C34H26GeN3O.C15H28O2.Ir/c1-35(2,3)24-14-16-31-27(18-24)26(22-10-6-4-7-11-22)19-32(37-31)29-21-36-20-28-25-15-17-30(23-12-8-5-9-13-23)38-34(25)39-33(28)29;1-7-14(5,8-2)12(16)11-13(17)15(6,9-3)10-4;/h4-20H,1-3H3;11,16H,7-10H2,1-6H3;/q-1;;/b;12-11-;. The van der Waals surface area contributed by atoms with Crippen molar-refractivity contribution in [1.82, 2.24) is 15.0 Å². The Balaban J connectivity index is 0.000000295. The van der Waals surface area contributed by atoms with Gasteiger partial charge >= 0.3 is 194 Å². The second-order valence-electron chi connectivity index (χ2n) is 16.3. The molecule has 4 aromatic heterocycles. The number of nitrogens with zero attached hydrogens (tertiary/aromatic N) is 3. The molecule has 0 saturated heterocycles. The molecular formula is C49H54GeIrN3O3-. The summed E-state index contributed by atoms with van der Waals surface area (Å²) in [6, 6.07) is 33.7. The van der Waals surface area contributed by atoms with Crippen LogP contribution < -0.4 is 4.40 Å². The van der Waals surface area contributed by atoms with E-state index in [1.807, 2.05) is 71.9 Å². The molecule has 6 nitrogen and oxygen atoms in total. The number of fused-ring (bicyclic) bond motifs is 4. The molecule has 0 aliphatic heterocycles. The van der Waals surface area contributed by atoms with Gasteiger partial charge in [0, 0.05) is 42.6 Å². The number of aromatic nitrogens is 3. The van der Waals surface area contributed by atoms with Crippen molar-refractivity contribution in [2.24, 2.45) is 10.8 Å². The van der Waals surface area contributed by atoms with Crippen LogP contribution in [0.25, 0.3) is 66.6 Å². The van der Waals surface area contributed by atoms with Gasteiger partial charge in [0.05, 0.1) is 0 Å². The van der Waals surface area contributed by atoms with Gasteiger partial charge in [0.15, 0.2) is 5.78 Å². The van der Waals surface area contributed by atoms with Crippen molar-refractivity contribution in [3.63, 3.8) is 0 Å². The number of carbonyl (C=O) groups is 1. The van der Waals surface area contributed by atoms with Gasteiger partial charge in [-0.15, -0.1) is 0 Å². The van der Waals surface area contributed by atoms with E-state index >= 15 is 0 Å². The quantitative estimate of drug-likeness (QED) is 0.0601. The first kappa shape index (κ1) is 43.7. The molecule has 0 bridgehead atoms. The second kappa shape index (κ2) is 18.0. The van der Waals surface area contributed by atoms with Gasteiger partial charge < -0.3 is 5.11 Å². The summed E-state index contributed by atoms with van der Waals surface area (Å²) in [6.07, 6.45) is 9.74. The minimum absolute atomic E-state index is 0. The van der Waals surface area contributed by atoms with Gasteiger partial charge in [0.25, 0.3) is 0 Å². The average molecular weight is 998 g/mol. The number of ketones is 1. The van der Waals surface area contributed by atoms with Gasteiger partial charge in [0.1, 0.15) is 5.76 Å². The van der Waals surface area contributed by atoms with E-state index in [0.717, 1.165) is 75.6 Å². The van der Waals surface area contributed by atoms with E-state index in [9.17, 15) is 9.90 Å². The molecule has 0 unspecified atom stereocenters. The molecule has 7 aromatic rings. The van der Waals surface area contributed by atoms with E-state index < -0.39 is 13.3 Å². The topological polar surface area (TPSA) is 89.1 Å². The molecule has 0 saturated carbocycles. The number of aliphatic hydroxyl groups is 1. The van der Waals surface area contributed by atoms with E-state index in [2.05, 4.69) is 95.2 Å². The van der Waals surface area contributed by atoms with E-state index in [4.69, 9.17) is 14.4 Å². The van der Waals surface area contributed by atoms with Crippen molar-refractivity contribution >= 4 is 56.4 Å². The van der Waals surface area contributed by atoms with Gasteiger partial charge in [-0.05, 0) is 25.7 Å². The van der Waals surface area contributed by atoms with Crippen molar-refractivity contribution < 1.29 is 34.4 Å². The third-order valence-corrected chi connectivity index (χ3v) is 16.2. The van der Waals surface area contributed by atoms with Crippen molar-refractivity contribution in [1.29, 1.82) is 0 Å². The van der Waals surface area contributed by atoms with Crippen molar-refractivity contribution in [2.45, 2.75) is 84.5 Å². The minimum atomic E-state index is -2.04. The molecule has 0 atom stereocenters. The molecule has 3 aromatic carbocycles. The fourth-order valence-electron chi connectivity index (χ4n) is 6.83. The number of allylic oxidation sites excluding steroid dienone is 2. The van der Waals surface area contributed by atoms with Crippen LogP contribution in [-0.2, 0) is 24.9 Å². The number of carbonyl (C=O) groups excluding carboxylic acids is 1. The molecule has 0 amide bonds. The molecule has 7 rings (SSSR count). The largest absolute Gasteiger partial charge is 0 e. The van der Waals surface area contributed by atoms with Gasteiger partial charge in [-0.25, -0.2) is 0 Å². The number of furan rings is 1. The molecular weight excluding hydrogens is 943 g/mol.